The van der Waals surface area contributed by atoms with E-state index in [1.54, 1.807) is 24.4 Å². The average Bonchev–Trinajstić information content (AvgIpc) is 3.31. The van der Waals surface area contributed by atoms with Gasteiger partial charge in [-0.25, -0.2) is 20.3 Å². The van der Waals surface area contributed by atoms with Gasteiger partial charge < -0.3 is 5.32 Å². The first-order valence-corrected chi connectivity index (χ1v) is 11.4. The second-order valence-corrected chi connectivity index (χ2v) is 9.01. The van der Waals surface area contributed by atoms with Crippen LogP contribution in [0.25, 0.3) is 16.6 Å². The molecule has 0 bridgehead atoms. The van der Waals surface area contributed by atoms with E-state index in [2.05, 4.69) is 20.4 Å². The van der Waals surface area contributed by atoms with Crippen molar-refractivity contribution < 1.29 is 18.0 Å². The minimum atomic E-state index is -4.59. The van der Waals surface area contributed by atoms with Crippen LogP contribution in [0.3, 0.4) is 0 Å². The largest absolute Gasteiger partial charge is 0.433 e. The second-order valence-electron chi connectivity index (χ2n) is 8.57. The third kappa shape index (κ3) is 4.73. The van der Waals surface area contributed by atoms with Crippen LogP contribution in [0.5, 0.6) is 0 Å². The van der Waals surface area contributed by atoms with Crippen molar-refractivity contribution in [2.45, 2.75) is 43.9 Å². The lowest BCUT2D eigenvalue weighted by Crippen LogP contribution is -2.49. The molecular formula is C23H21ClF3N7O. The number of hydrogen-bond acceptors (Lipinski definition) is 6. The molecular weight excluding hydrogens is 483 g/mol. The molecule has 1 aliphatic carbocycles. The number of aromatic nitrogens is 4. The number of benzene rings is 1. The highest BCUT2D eigenvalue weighted by atomic mass is 35.5. The van der Waals surface area contributed by atoms with Crippen LogP contribution >= 0.6 is 11.6 Å². The molecule has 35 heavy (non-hydrogen) atoms. The highest BCUT2D eigenvalue weighted by Crippen LogP contribution is 2.35. The lowest BCUT2D eigenvalue weighted by molar-refractivity contribution is -0.140. The minimum Gasteiger partial charge on any atom is -0.382 e. The van der Waals surface area contributed by atoms with Gasteiger partial charge in [-0.05, 0) is 62.1 Å². The molecule has 2 atom stereocenters. The molecule has 0 unspecified atom stereocenters. The van der Waals surface area contributed by atoms with Gasteiger partial charge in [-0.3, -0.25) is 9.80 Å². The summed E-state index contributed by atoms with van der Waals surface area (Å²) in [6, 6.07) is 8.38. The van der Waals surface area contributed by atoms with E-state index in [-0.39, 0.29) is 23.5 Å². The van der Waals surface area contributed by atoms with Crippen LogP contribution in [0.15, 0.2) is 48.9 Å². The molecule has 1 saturated carbocycles. The van der Waals surface area contributed by atoms with Gasteiger partial charge in [0.15, 0.2) is 5.65 Å². The first-order chi connectivity index (χ1) is 16.7. The summed E-state index contributed by atoms with van der Waals surface area (Å²) in [6.07, 6.45) is 0.986. The van der Waals surface area contributed by atoms with Crippen molar-refractivity contribution in [2.24, 2.45) is 5.84 Å². The maximum absolute atomic E-state index is 13.5. The highest BCUT2D eigenvalue weighted by Gasteiger charge is 2.34. The Kier molecular flexibility index (Phi) is 5.97. The number of halogens is 4. The Labute approximate surface area is 202 Å². The Balaban J connectivity index is 1.37. The number of fused-ring (bicyclic) bond motifs is 2. The Bertz CT molecular complexity index is 1410. The Hall–Kier alpha value is -3.44. The van der Waals surface area contributed by atoms with Gasteiger partial charge in [-0.2, -0.15) is 18.3 Å². The van der Waals surface area contributed by atoms with Crippen molar-refractivity contribution in [2.75, 3.05) is 5.32 Å². The van der Waals surface area contributed by atoms with Crippen molar-refractivity contribution >= 4 is 39.7 Å². The number of anilines is 1. The zero-order valence-corrected chi connectivity index (χ0v) is 19.1. The summed E-state index contributed by atoms with van der Waals surface area (Å²) in [5.74, 6) is 5.86. The number of rotatable bonds is 4. The standard InChI is InChI=1S/C23H21ClF3N7O/c24-14-5-6-18-17(8-14)19(10-20(32-18)23(25,26)27)31-15-2-1-3-16(9-15)34(28)22(35)13-4-7-21-29-12-30-33(21)11-13/h4-8,10-12,15-16H,1-3,9,28H2,(H,31,32)/t15-,16+/m0/s1. The predicted octanol–water partition coefficient (Wildman–Crippen LogP) is 4.69. The van der Waals surface area contributed by atoms with Gasteiger partial charge in [-0.1, -0.05) is 11.6 Å². The Morgan fingerprint density at radius 3 is 2.83 bits per heavy atom. The SMILES string of the molecule is NN(C(=O)c1ccc2ncnn2c1)[C@@H]1CCC[C@H](Nc2cc(C(F)(F)F)nc3ccc(Cl)cc23)C1. The Morgan fingerprint density at radius 1 is 1.20 bits per heavy atom. The summed E-state index contributed by atoms with van der Waals surface area (Å²) >= 11 is 6.10. The summed E-state index contributed by atoms with van der Waals surface area (Å²) in [5.41, 5.74) is 0.474. The zero-order chi connectivity index (χ0) is 24.7. The second kappa shape index (κ2) is 8.97. The third-order valence-electron chi connectivity index (χ3n) is 6.22. The van der Waals surface area contributed by atoms with Crippen LogP contribution in [-0.2, 0) is 6.18 Å². The highest BCUT2D eigenvalue weighted by molar-refractivity contribution is 6.31. The molecule has 3 aromatic heterocycles. The summed E-state index contributed by atoms with van der Waals surface area (Å²) in [6.45, 7) is 0. The summed E-state index contributed by atoms with van der Waals surface area (Å²) in [5, 5.41) is 9.36. The first-order valence-electron chi connectivity index (χ1n) is 11.0. The molecule has 3 N–H and O–H groups in total. The summed E-state index contributed by atoms with van der Waals surface area (Å²) in [7, 11) is 0. The van der Waals surface area contributed by atoms with E-state index in [0.29, 0.717) is 40.1 Å². The normalized spacial score (nSPS) is 18.7. The van der Waals surface area contributed by atoms with Gasteiger partial charge in [0.05, 0.1) is 17.1 Å². The molecule has 4 aromatic rings. The predicted molar refractivity (Wildman–Crippen MR) is 125 cm³/mol. The fourth-order valence-electron chi connectivity index (χ4n) is 4.49. The number of nitrogens with one attached hydrogen (secondary N) is 1. The number of nitrogens with two attached hydrogens (primary N) is 1. The van der Waals surface area contributed by atoms with E-state index in [0.717, 1.165) is 18.9 Å². The van der Waals surface area contributed by atoms with E-state index >= 15 is 0 Å². The molecule has 182 valence electrons. The van der Waals surface area contributed by atoms with Gasteiger partial charge in [0.25, 0.3) is 5.91 Å². The quantitative estimate of drug-likeness (QED) is 0.238. The van der Waals surface area contributed by atoms with Crippen LogP contribution in [0, 0.1) is 0 Å². The summed E-state index contributed by atoms with van der Waals surface area (Å²) in [4.78, 5) is 20.8. The maximum atomic E-state index is 13.5. The van der Waals surface area contributed by atoms with Crippen LogP contribution in [0.1, 0.15) is 41.7 Å². The number of carbonyl (C=O) groups excluding carboxylic acids is 1. The maximum Gasteiger partial charge on any atom is 0.433 e. The molecule has 0 aliphatic heterocycles. The van der Waals surface area contributed by atoms with Crippen molar-refractivity contribution in [3.05, 3.63) is 65.2 Å². The van der Waals surface area contributed by atoms with Crippen molar-refractivity contribution in [3.63, 3.8) is 0 Å². The van der Waals surface area contributed by atoms with Crippen LogP contribution in [0.4, 0.5) is 18.9 Å². The number of carbonyl (C=O) groups is 1. The fourth-order valence-corrected chi connectivity index (χ4v) is 4.66. The van der Waals surface area contributed by atoms with Gasteiger partial charge >= 0.3 is 6.18 Å². The molecule has 3 heterocycles. The molecule has 0 radical (unpaired) electrons. The minimum absolute atomic E-state index is 0.193. The van der Waals surface area contributed by atoms with Crippen LogP contribution in [0.2, 0.25) is 5.02 Å². The number of hydrogen-bond donors (Lipinski definition) is 2. The molecule has 1 aromatic carbocycles. The molecule has 12 heteroatoms. The van der Waals surface area contributed by atoms with Crippen molar-refractivity contribution in [3.8, 4) is 0 Å². The molecule has 1 fully saturated rings. The molecule has 1 aliphatic rings. The number of amides is 1. The van der Waals surface area contributed by atoms with Gasteiger partial charge in [0, 0.05) is 28.3 Å². The van der Waals surface area contributed by atoms with Gasteiger partial charge in [-0.15, -0.1) is 0 Å². The Morgan fingerprint density at radius 2 is 2.03 bits per heavy atom. The molecule has 0 saturated heterocycles. The molecule has 1 amide bonds. The molecule has 5 rings (SSSR count). The topological polar surface area (TPSA) is 101 Å². The molecule has 0 spiro atoms. The van der Waals surface area contributed by atoms with Crippen molar-refractivity contribution in [1.82, 2.24) is 24.6 Å². The zero-order valence-electron chi connectivity index (χ0n) is 18.3. The van der Waals surface area contributed by atoms with Crippen LogP contribution < -0.4 is 11.2 Å². The van der Waals surface area contributed by atoms with Gasteiger partial charge in [0.2, 0.25) is 0 Å². The van der Waals surface area contributed by atoms with E-state index in [1.807, 2.05) is 0 Å². The molecule has 8 nitrogen and oxygen atoms in total. The lowest BCUT2D eigenvalue weighted by Gasteiger charge is -2.35. The first kappa shape index (κ1) is 23.3. The number of hydrazine groups is 1. The smallest absolute Gasteiger partial charge is 0.382 e. The number of pyridine rings is 2. The lowest BCUT2D eigenvalue weighted by atomic mass is 9.90. The van der Waals surface area contributed by atoms with Gasteiger partial charge in [0.1, 0.15) is 12.0 Å². The fraction of sp³-hybridized carbons (Fsp3) is 0.304. The number of nitrogens with zero attached hydrogens (tertiary/aromatic N) is 5. The number of alkyl halides is 3. The average molecular weight is 504 g/mol. The van der Waals surface area contributed by atoms with Crippen molar-refractivity contribution in [1.29, 1.82) is 0 Å². The van der Waals surface area contributed by atoms with E-state index in [1.165, 1.54) is 28.0 Å². The summed E-state index contributed by atoms with van der Waals surface area (Å²) < 4.78 is 41.9. The monoisotopic (exact) mass is 503 g/mol. The van der Waals surface area contributed by atoms with E-state index in [9.17, 15) is 18.0 Å². The van der Waals surface area contributed by atoms with E-state index < -0.39 is 11.9 Å². The third-order valence-corrected chi connectivity index (χ3v) is 6.45. The van der Waals surface area contributed by atoms with Crippen LogP contribution in [-0.4, -0.2) is 42.6 Å². The van der Waals surface area contributed by atoms with E-state index in [4.69, 9.17) is 17.4 Å².